The standard InChI is InChI=1S/C23H46NO8P/c1-6-8-10-12-14-15-22(25)29-19-21(32-23(26)16-13-11-9-7-2)20-31-33(27,28)30-18-17-24(3,4)5/h21H,6-20H2,1-5H3/p+1. The number of phosphoric acid groups is 1. The Morgan fingerprint density at radius 2 is 1.36 bits per heavy atom. The molecule has 2 atom stereocenters. The van der Waals surface area contributed by atoms with Gasteiger partial charge in [-0.1, -0.05) is 58.8 Å². The molecule has 0 aliphatic heterocycles. The second-order valence-corrected chi connectivity index (χ2v) is 10.8. The Morgan fingerprint density at radius 1 is 0.818 bits per heavy atom. The van der Waals surface area contributed by atoms with Gasteiger partial charge in [0, 0.05) is 12.8 Å². The van der Waals surface area contributed by atoms with Crippen LogP contribution in [0.15, 0.2) is 0 Å². The second kappa shape index (κ2) is 18.4. The van der Waals surface area contributed by atoms with Crippen molar-refractivity contribution in [2.45, 2.75) is 90.6 Å². The van der Waals surface area contributed by atoms with Gasteiger partial charge in [-0.25, -0.2) is 4.57 Å². The van der Waals surface area contributed by atoms with Gasteiger partial charge in [-0.3, -0.25) is 18.6 Å². The summed E-state index contributed by atoms with van der Waals surface area (Å²) in [7, 11) is 1.47. The van der Waals surface area contributed by atoms with Crippen LogP contribution in [0, 0.1) is 0 Å². The minimum atomic E-state index is -4.32. The number of ether oxygens (including phenoxy) is 2. The summed E-state index contributed by atoms with van der Waals surface area (Å²) in [6, 6.07) is 0. The van der Waals surface area contributed by atoms with Crippen molar-refractivity contribution in [3.8, 4) is 0 Å². The third-order valence-corrected chi connectivity index (χ3v) is 5.87. The van der Waals surface area contributed by atoms with Crippen LogP contribution in [0.3, 0.4) is 0 Å². The lowest BCUT2D eigenvalue weighted by atomic mass is 10.1. The predicted octanol–water partition coefficient (Wildman–Crippen LogP) is 4.61. The normalized spacial score (nSPS) is 14.5. The fraction of sp³-hybridized carbons (Fsp3) is 0.913. The number of rotatable bonds is 21. The average molecular weight is 497 g/mol. The molecule has 0 saturated carbocycles. The van der Waals surface area contributed by atoms with E-state index in [-0.39, 0.29) is 32.0 Å². The number of esters is 2. The smallest absolute Gasteiger partial charge is 0.462 e. The molecule has 10 heteroatoms. The number of nitrogens with zero attached hydrogens (tertiary/aromatic N) is 1. The molecular formula is C23H47NO8P+. The molecule has 0 aromatic rings. The number of hydrogen-bond donors (Lipinski definition) is 1. The van der Waals surface area contributed by atoms with Gasteiger partial charge in [0.25, 0.3) is 0 Å². The van der Waals surface area contributed by atoms with Crippen molar-refractivity contribution in [2.75, 3.05) is 47.5 Å². The van der Waals surface area contributed by atoms with E-state index in [1.165, 1.54) is 0 Å². The molecule has 0 aliphatic carbocycles. The van der Waals surface area contributed by atoms with E-state index in [1.807, 2.05) is 21.1 Å². The lowest BCUT2D eigenvalue weighted by Gasteiger charge is -2.24. The van der Waals surface area contributed by atoms with Gasteiger partial charge in [0.1, 0.15) is 19.8 Å². The molecule has 0 spiro atoms. The van der Waals surface area contributed by atoms with Gasteiger partial charge in [0.2, 0.25) is 0 Å². The summed E-state index contributed by atoms with van der Waals surface area (Å²) < 4.78 is 33.3. The summed E-state index contributed by atoms with van der Waals surface area (Å²) in [6.45, 7) is 4.13. The van der Waals surface area contributed by atoms with Crippen molar-refractivity contribution >= 4 is 19.8 Å². The van der Waals surface area contributed by atoms with Crippen molar-refractivity contribution in [3.63, 3.8) is 0 Å². The molecule has 196 valence electrons. The number of hydrogen-bond acceptors (Lipinski definition) is 7. The van der Waals surface area contributed by atoms with E-state index in [0.717, 1.165) is 51.4 Å². The first-order valence-electron chi connectivity index (χ1n) is 12.3. The maximum atomic E-state index is 12.2. The lowest BCUT2D eigenvalue weighted by Crippen LogP contribution is -2.37. The van der Waals surface area contributed by atoms with Crippen molar-refractivity contribution in [1.82, 2.24) is 0 Å². The van der Waals surface area contributed by atoms with Gasteiger partial charge >= 0.3 is 19.8 Å². The molecule has 33 heavy (non-hydrogen) atoms. The molecule has 1 N–H and O–H groups in total. The van der Waals surface area contributed by atoms with Gasteiger partial charge in [0.05, 0.1) is 27.7 Å². The average Bonchev–Trinajstić information content (AvgIpc) is 2.72. The fourth-order valence-corrected chi connectivity index (χ4v) is 3.57. The lowest BCUT2D eigenvalue weighted by molar-refractivity contribution is -0.870. The predicted molar refractivity (Wildman–Crippen MR) is 128 cm³/mol. The second-order valence-electron chi connectivity index (χ2n) is 9.38. The minimum absolute atomic E-state index is 0.0339. The molecule has 0 saturated heterocycles. The summed E-state index contributed by atoms with van der Waals surface area (Å²) in [6.07, 6.45) is 8.30. The van der Waals surface area contributed by atoms with Crippen molar-refractivity contribution in [1.29, 1.82) is 0 Å². The Labute approximate surface area is 200 Å². The molecule has 2 unspecified atom stereocenters. The minimum Gasteiger partial charge on any atom is -0.462 e. The number of quaternary nitrogens is 1. The van der Waals surface area contributed by atoms with Gasteiger partial charge in [-0.05, 0) is 12.8 Å². The van der Waals surface area contributed by atoms with Crippen LogP contribution in [0.4, 0.5) is 0 Å². The monoisotopic (exact) mass is 496 g/mol. The first-order chi connectivity index (χ1) is 15.5. The van der Waals surface area contributed by atoms with Gasteiger partial charge < -0.3 is 18.9 Å². The molecule has 0 bridgehead atoms. The number of unbranched alkanes of at least 4 members (excludes halogenated alkanes) is 7. The van der Waals surface area contributed by atoms with Crippen LogP contribution in [-0.4, -0.2) is 74.9 Å². The van der Waals surface area contributed by atoms with Crippen LogP contribution in [0.25, 0.3) is 0 Å². The summed E-state index contributed by atoms with van der Waals surface area (Å²) in [5, 5.41) is 0. The third kappa shape index (κ3) is 21.3. The zero-order chi connectivity index (χ0) is 25.2. The van der Waals surface area contributed by atoms with Crippen LogP contribution in [0.1, 0.15) is 84.5 Å². The van der Waals surface area contributed by atoms with Crippen LogP contribution in [-0.2, 0) is 32.7 Å². The van der Waals surface area contributed by atoms with E-state index in [9.17, 15) is 19.0 Å². The highest BCUT2D eigenvalue weighted by Gasteiger charge is 2.26. The molecule has 0 rings (SSSR count). The number of phosphoric ester groups is 1. The summed E-state index contributed by atoms with van der Waals surface area (Å²) in [5.41, 5.74) is 0. The van der Waals surface area contributed by atoms with Gasteiger partial charge in [0.15, 0.2) is 6.10 Å². The molecule has 0 aromatic carbocycles. The van der Waals surface area contributed by atoms with Crippen LogP contribution < -0.4 is 0 Å². The zero-order valence-corrected chi connectivity index (χ0v) is 22.3. The largest absolute Gasteiger partial charge is 0.472 e. The Morgan fingerprint density at radius 3 is 1.94 bits per heavy atom. The fourth-order valence-electron chi connectivity index (χ4n) is 2.83. The van der Waals surface area contributed by atoms with E-state index < -0.39 is 26.5 Å². The van der Waals surface area contributed by atoms with Gasteiger partial charge in [-0.2, -0.15) is 0 Å². The third-order valence-electron chi connectivity index (χ3n) is 4.89. The van der Waals surface area contributed by atoms with Crippen LogP contribution in [0.5, 0.6) is 0 Å². The van der Waals surface area contributed by atoms with Crippen molar-refractivity contribution in [2.24, 2.45) is 0 Å². The quantitative estimate of drug-likeness (QED) is 0.106. The number of carbonyl (C=O) groups is 2. The number of likely N-dealkylation sites (N-methyl/N-ethyl adjacent to an activating group) is 1. The topological polar surface area (TPSA) is 108 Å². The maximum Gasteiger partial charge on any atom is 0.472 e. The van der Waals surface area contributed by atoms with E-state index in [2.05, 4.69) is 13.8 Å². The van der Waals surface area contributed by atoms with E-state index >= 15 is 0 Å². The van der Waals surface area contributed by atoms with Gasteiger partial charge in [-0.15, -0.1) is 0 Å². The number of carbonyl (C=O) groups excluding carboxylic acids is 2. The Balaban J connectivity index is 4.62. The van der Waals surface area contributed by atoms with E-state index in [0.29, 0.717) is 17.4 Å². The Kier molecular flexibility index (Phi) is 17.8. The van der Waals surface area contributed by atoms with Crippen molar-refractivity contribution < 1.29 is 42.1 Å². The Bertz CT molecular complexity index is 579. The molecule has 0 heterocycles. The first kappa shape index (κ1) is 32.0. The van der Waals surface area contributed by atoms with E-state index in [4.69, 9.17) is 18.5 Å². The molecular weight excluding hydrogens is 449 g/mol. The highest BCUT2D eigenvalue weighted by molar-refractivity contribution is 7.47. The highest BCUT2D eigenvalue weighted by atomic mass is 31.2. The highest BCUT2D eigenvalue weighted by Crippen LogP contribution is 2.43. The van der Waals surface area contributed by atoms with Crippen LogP contribution in [0.2, 0.25) is 0 Å². The molecule has 0 amide bonds. The maximum absolute atomic E-state index is 12.2. The molecule has 0 aliphatic rings. The summed E-state index contributed by atoms with van der Waals surface area (Å²) >= 11 is 0. The molecule has 9 nitrogen and oxygen atoms in total. The van der Waals surface area contributed by atoms with Crippen LogP contribution >= 0.6 is 7.82 Å². The zero-order valence-electron chi connectivity index (χ0n) is 21.4. The first-order valence-corrected chi connectivity index (χ1v) is 13.8. The molecule has 0 fully saturated rings. The summed E-state index contributed by atoms with van der Waals surface area (Å²) in [4.78, 5) is 34.1. The SMILES string of the molecule is CCCCCCCC(=O)OCC(COP(=O)(O)OCC[N+](C)(C)C)OC(=O)CCCCCC. The van der Waals surface area contributed by atoms with E-state index in [1.54, 1.807) is 0 Å². The summed E-state index contributed by atoms with van der Waals surface area (Å²) in [5.74, 6) is -0.837. The van der Waals surface area contributed by atoms with Crippen molar-refractivity contribution in [3.05, 3.63) is 0 Å². The molecule has 0 aromatic heterocycles. The molecule has 0 radical (unpaired) electrons. The Hall–Kier alpha value is -0.990.